The van der Waals surface area contributed by atoms with Crippen LogP contribution in [0.1, 0.15) is 16.0 Å². The summed E-state index contributed by atoms with van der Waals surface area (Å²) in [5.41, 5.74) is 2.50. The number of nitrogens with one attached hydrogen (secondary N) is 1. The van der Waals surface area contributed by atoms with Crippen molar-refractivity contribution in [1.29, 1.82) is 0 Å². The van der Waals surface area contributed by atoms with Crippen LogP contribution in [0, 0.1) is 24.0 Å². The van der Waals surface area contributed by atoms with E-state index in [2.05, 4.69) is 21.1 Å². The maximum absolute atomic E-state index is 12.9. The van der Waals surface area contributed by atoms with Crippen LogP contribution in [0.4, 0.5) is 17.1 Å². The van der Waals surface area contributed by atoms with Crippen molar-refractivity contribution in [2.75, 3.05) is 35.8 Å². The average molecular weight is 487 g/mol. The number of nitro groups is 1. The molecule has 1 N–H and O–H groups in total. The van der Waals surface area contributed by atoms with E-state index in [1.54, 1.807) is 23.5 Å². The van der Waals surface area contributed by atoms with Crippen LogP contribution in [-0.4, -0.2) is 44.4 Å². The Labute approximate surface area is 197 Å². The largest absolute Gasteiger partial charge is 0.363 e. The number of hydrogen-bond acceptors (Lipinski definition) is 7. The lowest BCUT2D eigenvalue weighted by atomic mass is 10.1. The van der Waals surface area contributed by atoms with Crippen LogP contribution in [0.15, 0.2) is 58.8 Å². The Hall–Kier alpha value is -2.95. The van der Waals surface area contributed by atoms with Gasteiger partial charge in [-0.05, 0) is 49.1 Å². The van der Waals surface area contributed by atoms with Crippen molar-refractivity contribution in [2.24, 2.45) is 0 Å². The molecule has 0 atom stereocenters. The molecule has 0 unspecified atom stereocenters. The van der Waals surface area contributed by atoms with Gasteiger partial charge in [0.1, 0.15) is 5.69 Å². The highest BCUT2D eigenvalue weighted by molar-refractivity contribution is 7.92. The van der Waals surface area contributed by atoms with Gasteiger partial charge in [-0.1, -0.05) is 23.8 Å². The molecule has 33 heavy (non-hydrogen) atoms. The summed E-state index contributed by atoms with van der Waals surface area (Å²) in [5, 5.41) is 13.9. The predicted molar refractivity (Wildman–Crippen MR) is 132 cm³/mol. The van der Waals surface area contributed by atoms with Crippen LogP contribution in [0.3, 0.4) is 0 Å². The van der Waals surface area contributed by atoms with Gasteiger partial charge in [-0.15, -0.1) is 11.3 Å². The van der Waals surface area contributed by atoms with Gasteiger partial charge >= 0.3 is 0 Å². The number of nitrogens with zero attached hydrogens (tertiary/aromatic N) is 3. The maximum atomic E-state index is 12.9. The van der Waals surface area contributed by atoms with Gasteiger partial charge < -0.3 is 4.90 Å². The molecule has 1 saturated heterocycles. The van der Waals surface area contributed by atoms with Gasteiger partial charge in [-0.25, -0.2) is 8.42 Å². The molecule has 0 saturated carbocycles. The first-order valence-corrected chi connectivity index (χ1v) is 13.0. The molecule has 0 spiro atoms. The number of aryl methyl sites for hydroxylation is 2. The highest BCUT2D eigenvalue weighted by Gasteiger charge is 2.27. The molecule has 0 bridgehead atoms. The van der Waals surface area contributed by atoms with E-state index in [4.69, 9.17) is 0 Å². The average Bonchev–Trinajstić information content (AvgIpc) is 3.29. The molecule has 1 aliphatic heterocycles. The second kappa shape index (κ2) is 9.50. The Morgan fingerprint density at radius 1 is 1.06 bits per heavy atom. The van der Waals surface area contributed by atoms with Crippen LogP contribution in [0.5, 0.6) is 0 Å². The number of hydrogen-bond donors (Lipinski definition) is 1. The van der Waals surface area contributed by atoms with E-state index in [-0.39, 0.29) is 10.6 Å². The minimum atomic E-state index is -3.97. The van der Waals surface area contributed by atoms with Crippen LogP contribution in [-0.2, 0) is 16.6 Å². The summed E-state index contributed by atoms with van der Waals surface area (Å²) >= 11 is 1.72. The molecule has 0 amide bonds. The lowest BCUT2D eigenvalue weighted by Gasteiger charge is -2.35. The molecule has 1 aliphatic rings. The number of benzene rings is 2. The molecular formula is C23H26N4O4S2. The summed E-state index contributed by atoms with van der Waals surface area (Å²) in [7, 11) is -3.97. The van der Waals surface area contributed by atoms with Gasteiger partial charge in [0, 0.05) is 43.7 Å². The van der Waals surface area contributed by atoms with Crippen molar-refractivity contribution >= 4 is 38.4 Å². The van der Waals surface area contributed by atoms with Crippen molar-refractivity contribution < 1.29 is 13.3 Å². The number of nitro benzene ring substituents is 1. The van der Waals surface area contributed by atoms with Gasteiger partial charge in [-0.3, -0.25) is 19.7 Å². The Bertz CT molecular complexity index is 1250. The van der Waals surface area contributed by atoms with E-state index in [1.807, 2.05) is 36.9 Å². The van der Waals surface area contributed by atoms with E-state index in [0.717, 1.165) is 36.8 Å². The standard InChI is InChI=1S/C23H26N4O4S2/c1-17-5-7-21(18(2)14-17)24-33(30,31)20-6-8-22(23(15-20)27(28)29)26-11-9-25(10-12-26)16-19-4-3-13-32-19/h3-8,13-15,24H,9-12,16H2,1-2H3. The predicted octanol–water partition coefficient (Wildman–Crippen LogP) is 4.40. The summed E-state index contributed by atoms with van der Waals surface area (Å²) in [5.74, 6) is 0. The Morgan fingerprint density at radius 2 is 1.82 bits per heavy atom. The first-order valence-electron chi connectivity index (χ1n) is 10.6. The fourth-order valence-corrected chi connectivity index (χ4v) is 5.88. The lowest BCUT2D eigenvalue weighted by molar-refractivity contribution is -0.384. The van der Waals surface area contributed by atoms with E-state index in [1.165, 1.54) is 10.9 Å². The summed E-state index contributed by atoms with van der Waals surface area (Å²) in [6, 6.07) is 13.7. The van der Waals surface area contributed by atoms with E-state index < -0.39 is 14.9 Å². The van der Waals surface area contributed by atoms with Crippen molar-refractivity contribution in [3.63, 3.8) is 0 Å². The minimum Gasteiger partial charge on any atom is -0.363 e. The van der Waals surface area contributed by atoms with E-state index in [9.17, 15) is 18.5 Å². The van der Waals surface area contributed by atoms with Gasteiger partial charge in [-0.2, -0.15) is 0 Å². The number of piperazine rings is 1. The number of anilines is 2. The van der Waals surface area contributed by atoms with Crippen LogP contribution in [0.2, 0.25) is 0 Å². The summed E-state index contributed by atoms with van der Waals surface area (Å²) in [6.07, 6.45) is 0. The third kappa shape index (κ3) is 5.35. The van der Waals surface area contributed by atoms with Crippen molar-refractivity contribution in [3.8, 4) is 0 Å². The third-order valence-electron chi connectivity index (χ3n) is 5.75. The molecular weight excluding hydrogens is 460 g/mol. The lowest BCUT2D eigenvalue weighted by Crippen LogP contribution is -2.46. The second-order valence-corrected chi connectivity index (χ2v) is 10.9. The van der Waals surface area contributed by atoms with Gasteiger partial charge in [0.2, 0.25) is 0 Å². The fraction of sp³-hybridized carbons (Fsp3) is 0.304. The smallest absolute Gasteiger partial charge is 0.293 e. The van der Waals surface area contributed by atoms with Crippen molar-refractivity contribution in [3.05, 3.63) is 80.0 Å². The molecule has 0 aliphatic carbocycles. The van der Waals surface area contributed by atoms with Crippen molar-refractivity contribution in [1.82, 2.24) is 4.90 Å². The summed E-state index contributed by atoms with van der Waals surface area (Å²) < 4.78 is 28.4. The van der Waals surface area contributed by atoms with Crippen LogP contribution < -0.4 is 9.62 Å². The Kier molecular flexibility index (Phi) is 6.68. The zero-order valence-corrected chi connectivity index (χ0v) is 20.2. The molecule has 10 heteroatoms. The molecule has 4 rings (SSSR count). The fourth-order valence-electron chi connectivity index (χ4n) is 3.99. The molecule has 2 aromatic carbocycles. The number of sulfonamides is 1. The highest BCUT2D eigenvalue weighted by Crippen LogP contribution is 2.32. The number of rotatable bonds is 7. The monoisotopic (exact) mass is 486 g/mol. The molecule has 0 radical (unpaired) electrons. The van der Waals surface area contributed by atoms with Gasteiger partial charge in [0.15, 0.2) is 0 Å². The molecule has 1 fully saturated rings. The normalized spacial score (nSPS) is 14.9. The minimum absolute atomic E-state index is 0.130. The van der Waals surface area contributed by atoms with Gasteiger partial charge in [0.25, 0.3) is 15.7 Å². The molecule has 2 heterocycles. The van der Waals surface area contributed by atoms with Crippen LogP contribution >= 0.6 is 11.3 Å². The zero-order chi connectivity index (χ0) is 23.6. The molecule has 8 nitrogen and oxygen atoms in total. The summed E-state index contributed by atoms with van der Waals surface area (Å²) in [4.78, 5) is 16.8. The first kappa shape index (κ1) is 23.2. The maximum Gasteiger partial charge on any atom is 0.293 e. The van der Waals surface area contributed by atoms with Crippen LogP contribution in [0.25, 0.3) is 0 Å². The quantitative estimate of drug-likeness (QED) is 0.393. The molecule has 3 aromatic rings. The molecule has 174 valence electrons. The second-order valence-electron chi connectivity index (χ2n) is 8.17. The third-order valence-corrected chi connectivity index (χ3v) is 7.98. The van der Waals surface area contributed by atoms with Crippen molar-refractivity contribution in [2.45, 2.75) is 25.3 Å². The summed E-state index contributed by atoms with van der Waals surface area (Å²) in [6.45, 7) is 7.45. The Morgan fingerprint density at radius 3 is 2.45 bits per heavy atom. The molecule has 1 aromatic heterocycles. The van der Waals surface area contributed by atoms with E-state index in [0.29, 0.717) is 24.5 Å². The first-order chi connectivity index (χ1) is 15.7. The highest BCUT2D eigenvalue weighted by atomic mass is 32.2. The topological polar surface area (TPSA) is 95.8 Å². The van der Waals surface area contributed by atoms with Gasteiger partial charge in [0.05, 0.1) is 15.5 Å². The number of thiophene rings is 1. The zero-order valence-electron chi connectivity index (χ0n) is 18.5. The Balaban J connectivity index is 1.52. The SMILES string of the molecule is Cc1ccc(NS(=O)(=O)c2ccc(N3CCN(Cc4cccs4)CC3)c([N+](=O)[O-])c2)c(C)c1. The van der Waals surface area contributed by atoms with E-state index >= 15 is 0 Å².